The van der Waals surface area contributed by atoms with Gasteiger partial charge in [0, 0.05) is 17.8 Å². The van der Waals surface area contributed by atoms with Crippen molar-refractivity contribution in [2.45, 2.75) is 118 Å². The van der Waals surface area contributed by atoms with Crippen molar-refractivity contribution in [1.82, 2.24) is 0 Å². The Morgan fingerprint density at radius 3 is 2.16 bits per heavy atom. The summed E-state index contributed by atoms with van der Waals surface area (Å²) < 4.78 is 6.05. The smallest absolute Gasteiger partial charge is 0.338 e. The molecule has 5 fully saturated rings. The molecule has 2 N–H and O–H groups in total. The van der Waals surface area contributed by atoms with Crippen LogP contribution in [0.3, 0.4) is 0 Å². The number of Topliss-reactive ketones (excluding diaryl/α,β-unsaturated/α-hetero) is 1. The number of hydrogen-bond acceptors (Lipinski definition) is 6. The number of ketones is 1. The Morgan fingerprint density at radius 2 is 1.51 bits per heavy atom. The monoisotopic (exact) mass is 592 g/mol. The number of aliphatic hydroxyl groups is 2. The van der Waals surface area contributed by atoms with E-state index in [0.29, 0.717) is 37.2 Å². The first kappa shape index (κ1) is 31.0. The molecule has 0 radical (unpaired) electrons. The van der Waals surface area contributed by atoms with E-state index in [1.165, 1.54) is 0 Å². The van der Waals surface area contributed by atoms with Crippen molar-refractivity contribution in [3.63, 3.8) is 0 Å². The van der Waals surface area contributed by atoms with Gasteiger partial charge in [0.2, 0.25) is 0 Å². The van der Waals surface area contributed by atoms with Gasteiger partial charge in [-0.15, -0.1) is 0 Å². The van der Waals surface area contributed by atoms with Crippen LogP contribution in [0.1, 0.15) is 110 Å². The van der Waals surface area contributed by atoms with E-state index in [2.05, 4.69) is 41.5 Å². The molecule has 5 aliphatic carbocycles. The second-order valence-electron chi connectivity index (χ2n) is 17.1. The highest BCUT2D eigenvalue weighted by Gasteiger charge is 2.74. The summed E-state index contributed by atoms with van der Waals surface area (Å²) in [6.07, 6.45) is 4.64. The molecule has 1 aromatic rings. The number of rotatable bonds is 3. The molecule has 0 saturated heterocycles. The van der Waals surface area contributed by atoms with Gasteiger partial charge in [-0.25, -0.2) is 4.79 Å². The largest absolute Gasteiger partial charge is 0.458 e. The van der Waals surface area contributed by atoms with Gasteiger partial charge in [-0.3, -0.25) is 4.79 Å². The van der Waals surface area contributed by atoms with Gasteiger partial charge < -0.3 is 19.7 Å². The Morgan fingerprint density at radius 1 is 0.837 bits per heavy atom. The van der Waals surface area contributed by atoms with Gasteiger partial charge in [-0.05, 0) is 103 Å². The molecular weight excluding hydrogens is 540 g/mol. The average molecular weight is 593 g/mol. The Labute approximate surface area is 257 Å². The van der Waals surface area contributed by atoms with E-state index in [0.717, 1.165) is 32.0 Å². The van der Waals surface area contributed by atoms with Crippen LogP contribution in [0.25, 0.3) is 0 Å². The third-order valence-corrected chi connectivity index (χ3v) is 14.9. The Hall–Kier alpha value is -2.05. The topological polar surface area (TPSA) is 101 Å². The van der Waals surface area contributed by atoms with Crippen LogP contribution < -0.4 is 0 Å². The molecule has 12 atom stereocenters. The minimum absolute atomic E-state index is 0.0638. The van der Waals surface area contributed by atoms with Crippen LogP contribution in [0.4, 0.5) is 0 Å². The number of benzene rings is 1. The van der Waals surface area contributed by atoms with Crippen molar-refractivity contribution in [3.8, 4) is 0 Å². The van der Waals surface area contributed by atoms with Crippen molar-refractivity contribution >= 4 is 18.0 Å². The van der Waals surface area contributed by atoms with Gasteiger partial charge in [0.1, 0.15) is 18.2 Å². The molecule has 0 aliphatic heterocycles. The zero-order valence-corrected chi connectivity index (χ0v) is 27.2. The van der Waals surface area contributed by atoms with Gasteiger partial charge in [-0.1, -0.05) is 59.7 Å². The first-order chi connectivity index (χ1) is 20.0. The molecule has 6 nitrogen and oxygen atoms in total. The summed E-state index contributed by atoms with van der Waals surface area (Å²) in [6, 6.07) is 8.82. The van der Waals surface area contributed by atoms with E-state index in [1.54, 1.807) is 24.3 Å². The van der Waals surface area contributed by atoms with Crippen LogP contribution >= 0.6 is 0 Å². The molecule has 43 heavy (non-hydrogen) atoms. The molecule has 5 saturated carbocycles. The average Bonchev–Trinajstić information content (AvgIpc) is 2.95. The zero-order chi connectivity index (χ0) is 31.4. The number of hydrogen-bond donors (Lipinski definition) is 2. The fourth-order valence-corrected chi connectivity index (χ4v) is 12.0. The highest BCUT2D eigenvalue weighted by atomic mass is 16.5. The minimum atomic E-state index is -0.961. The molecule has 6 heteroatoms. The maximum atomic E-state index is 14.6. The van der Waals surface area contributed by atoms with Crippen LogP contribution in [0, 0.1) is 56.2 Å². The minimum Gasteiger partial charge on any atom is -0.458 e. The van der Waals surface area contributed by atoms with E-state index >= 15 is 0 Å². The predicted octanol–water partition coefficient (Wildman–Crippen LogP) is 6.41. The molecular formula is C37H52O6. The van der Waals surface area contributed by atoms with Crippen molar-refractivity contribution in [1.29, 1.82) is 0 Å². The number of fused-ring (bicyclic) bond motifs is 7. The van der Waals surface area contributed by atoms with E-state index in [9.17, 15) is 24.6 Å². The van der Waals surface area contributed by atoms with Crippen molar-refractivity contribution < 1.29 is 29.3 Å². The maximum Gasteiger partial charge on any atom is 0.338 e. The van der Waals surface area contributed by atoms with Gasteiger partial charge in [0.15, 0.2) is 0 Å². The molecule has 236 valence electrons. The molecule has 0 amide bonds. The maximum absolute atomic E-state index is 14.6. The third kappa shape index (κ3) is 4.07. The number of carbonyl (C=O) groups excluding carboxylic acids is 3. The third-order valence-electron chi connectivity index (χ3n) is 14.9. The molecule has 6 rings (SSSR count). The Bertz CT molecular complexity index is 1310. The zero-order valence-electron chi connectivity index (χ0n) is 27.2. The van der Waals surface area contributed by atoms with Crippen molar-refractivity contribution in [3.05, 3.63) is 35.9 Å². The lowest BCUT2D eigenvalue weighted by Crippen LogP contribution is -2.71. The summed E-state index contributed by atoms with van der Waals surface area (Å²) in [5.74, 6) is -0.145. The highest BCUT2D eigenvalue weighted by molar-refractivity contribution is 5.89. The Kier molecular flexibility index (Phi) is 7.00. The Balaban J connectivity index is 1.36. The summed E-state index contributed by atoms with van der Waals surface area (Å²) in [7, 11) is 0. The standard InChI is InChI=1S/C37H52O6/c1-32(2)25-13-16-36(6)26(34(25,4)15-14-27(32)40)17-24(39)30-23-18-33(3,21-38)29(43-31(42)22-11-9-8-10-12-22)20-35(23,5)28(41)19-37(30,36)7/h8-12,21,23,25-30,40-41H,13-20H2,1-7H3/t23-,25-,26+,27-,28-,29-,30-,33-,34-,35-,36+,37+/m0/s1. The van der Waals surface area contributed by atoms with E-state index in [-0.39, 0.29) is 45.9 Å². The predicted molar refractivity (Wildman–Crippen MR) is 164 cm³/mol. The fraction of sp³-hybridized carbons (Fsp3) is 0.757. The summed E-state index contributed by atoms with van der Waals surface area (Å²) >= 11 is 0. The van der Waals surface area contributed by atoms with Crippen LogP contribution in [-0.2, 0) is 14.3 Å². The van der Waals surface area contributed by atoms with E-state index < -0.39 is 34.4 Å². The molecule has 0 spiro atoms. The molecule has 0 aromatic heterocycles. The molecule has 5 aliphatic rings. The second-order valence-corrected chi connectivity index (χ2v) is 17.1. The number of carbonyl (C=O) groups is 3. The van der Waals surface area contributed by atoms with Crippen LogP contribution in [0.15, 0.2) is 30.3 Å². The summed E-state index contributed by atoms with van der Waals surface area (Å²) in [5.41, 5.74) is -2.05. The van der Waals surface area contributed by atoms with Crippen molar-refractivity contribution in [2.24, 2.45) is 56.2 Å². The lowest BCUT2D eigenvalue weighted by atomic mass is 9.31. The fourth-order valence-electron chi connectivity index (χ4n) is 12.0. The second kappa shape index (κ2) is 9.72. The van der Waals surface area contributed by atoms with E-state index in [1.807, 2.05) is 13.0 Å². The number of ether oxygens (including phenoxy) is 1. The lowest BCUT2D eigenvalue weighted by Gasteiger charge is -2.73. The number of aliphatic hydroxyl groups excluding tert-OH is 2. The molecule has 0 unspecified atom stereocenters. The summed E-state index contributed by atoms with van der Waals surface area (Å²) in [6.45, 7) is 15.4. The normalized spacial score (nSPS) is 50.3. The molecule has 0 heterocycles. The van der Waals surface area contributed by atoms with Gasteiger partial charge in [-0.2, -0.15) is 0 Å². The van der Waals surface area contributed by atoms with Gasteiger partial charge in [0.05, 0.1) is 23.2 Å². The first-order valence-electron chi connectivity index (χ1n) is 16.6. The van der Waals surface area contributed by atoms with E-state index in [4.69, 9.17) is 4.74 Å². The number of aldehydes is 1. The van der Waals surface area contributed by atoms with Crippen LogP contribution in [0.2, 0.25) is 0 Å². The molecule has 0 bridgehead atoms. The van der Waals surface area contributed by atoms with Crippen LogP contribution in [0.5, 0.6) is 0 Å². The lowest BCUT2D eigenvalue weighted by molar-refractivity contribution is -0.265. The number of esters is 1. The summed E-state index contributed by atoms with van der Waals surface area (Å²) in [4.78, 5) is 40.6. The van der Waals surface area contributed by atoms with Gasteiger partial charge >= 0.3 is 5.97 Å². The molecule has 1 aromatic carbocycles. The van der Waals surface area contributed by atoms with Gasteiger partial charge in [0.25, 0.3) is 0 Å². The highest BCUT2D eigenvalue weighted by Crippen LogP contribution is 2.76. The quantitative estimate of drug-likeness (QED) is 0.311. The first-order valence-corrected chi connectivity index (χ1v) is 16.6. The SMILES string of the molecule is CC1(C)[C@@H](O)CC[C@]2(C)[C@H]3CC(=O)[C@@H]4[C@@H]5C[C@@](C)(C=O)[C@@H](OC(=O)c6ccccc6)C[C@]5(C)[C@@H](O)C[C@@]4(C)[C@]3(C)CC[C@@H]12. The summed E-state index contributed by atoms with van der Waals surface area (Å²) in [5, 5.41) is 23.1. The van der Waals surface area contributed by atoms with Crippen LogP contribution in [-0.4, -0.2) is 46.6 Å². The van der Waals surface area contributed by atoms with Crippen molar-refractivity contribution in [2.75, 3.05) is 0 Å².